The Morgan fingerprint density at radius 2 is 1.88 bits per heavy atom. The van der Waals surface area contributed by atoms with Crippen LogP contribution in [-0.4, -0.2) is 13.6 Å². The zero-order valence-electron chi connectivity index (χ0n) is 9.83. The quantitative estimate of drug-likeness (QED) is 0.628. The zero-order chi connectivity index (χ0) is 12.2. The van der Waals surface area contributed by atoms with E-state index in [4.69, 9.17) is 4.43 Å². The normalized spacial score (nSPS) is 15.2. The number of hydrogen-bond donors (Lipinski definition) is 0. The van der Waals surface area contributed by atoms with E-state index in [1.54, 1.807) is 0 Å². The van der Waals surface area contributed by atoms with Crippen LogP contribution in [0.25, 0.3) is 0 Å². The summed E-state index contributed by atoms with van der Waals surface area (Å²) >= 11 is 3.40. The lowest BCUT2D eigenvalue weighted by atomic mass is 9.98. The van der Waals surface area contributed by atoms with Gasteiger partial charge in [-0.3, -0.25) is 0 Å². The van der Waals surface area contributed by atoms with Crippen molar-refractivity contribution in [3.8, 4) is 6.07 Å². The minimum atomic E-state index is -1.77. The van der Waals surface area contributed by atoms with Gasteiger partial charge in [0.1, 0.15) is 6.07 Å². The molecular formula is C12H16BrNOSi. The van der Waals surface area contributed by atoms with Crippen LogP contribution >= 0.6 is 15.9 Å². The Bertz CT molecular complexity index is 382. The van der Waals surface area contributed by atoms with Crippen molar-refractivity contribution >= 4 is 24.2 Å². The second-order valence-corrected chi connectivity index (χ2v) is 9.64. The molecule has 0 unspecified atom stereocenters. The van der Waals surface area contributed by atoms with Crippen molar-refractivity contribution in [2.24, 2.45) is 0 Å². The first kappa shape index (κ1) is 13.4. The SMILES string of the molecule is C[Si](C)(C)O[C@@](C#N)(CBr)c1ccccc1. The van der Waals surface area contributed by atoms with E-state index >= 15 is 0 Å². The zero-order valence-corrected chi connectivity index (χ0v) is 12.4. The molecule has 0 aliphatic carbocycles. The largest absolute Gasteiger partial charge is 0.396 e. The molecule has 1 atom stereocenters. The van der Waals surface area contributed by atoms with E-state index in [1.807, 2.05) is 30.3 Å². The number of nitrogens with zero attached hydrogens (tertiary/aromatic N) is 1. The molecule has 2 nitrogen and oxygen atoms in total. The molecule has 0 bridgehead atoms. The van der Waals surface area contributed by atoms with E-state index in [9.17, 15) is 5.26 Å². The van der Waals surface area contributed by atoms with Crippen LogP contribution in [0.15, 0.2) is 30.3 Å². The summed E-state index contributed by atoms with van der Waals surface area (Å²) in [5, 5.41) is 9.90. The first-order chi connectivity index (χ1) is 7.43. The second kappa shape index (κ2) is 5.13. The molecule has 0 N–H and O–H groups in total. The molecule has 1 rings (SSSR count). The van der Waals surface area contributed by atoms with Crippen LogP contribution < -0.4 is 0 Å². The smallest absolute Gasteiger partial charge is 0.186 e. The van der Waals surface area contributed by atoms with Crippen LogP contribution in [-0.2, 0) is 10.0 Å². The molecule has 0 fully saturated rings. The van der Waals surface area contributed by atoms with E-state index in [-0.39, 0.29) is 0 Å². The molecule has 0 aliphatic rings. The molecule has 86 valence electrons. The summed E-state index contributed by atoms with van der Waals surface area (Å²) < 4.78 is 6.04. The molecule has 0 radical (unpaired) electrons. The van der Waals surface area contributed by atoms with Crippen LogP contribution in [0.5, 0.6) is 0 Å². The summed E-state index contributed by atoms with van der Waals surface area (Å²) in [6, 6.07) is 12.0. The van der Waals surface area contributed by atoms with Gasteiger partial charge >= 0.3 is 0 Å². The fourth-order valence-corrected chi connectivity index (χ4v) is 3.57. The third kappa shape index (κ3) is 3.18. The first-order valence-electron chi connectivity index (χ1n) is 5.16. The highest BCUT2D eigenvalue weighted by Gasteiger charge is 2.37. The van der Waals surface area contributed by atoms with Crippen molar-refractivity contribution in [3.63, 3.8) is 0 Å². The molecular weight excluding hydrogens is 282 g/mol. The maximum absolute atomic E-state index is 9.41. The van der Waals surface area contributed by atoms with Gasteiger partial charge in [0.25, 0.3) is 0 Å². The monoisotopic (exact) mass is 297 g/mol. The lowest BCUT2D eigenvalue weighted by molar-refractivity contribution is 0.147. The predicted octanol–water partition coefficient (Wildman–Crippen LogP) is 3.65. The lowest BCUT2D eigenvalue weighted by Gasteiger charge is -2.32. The maximum atomic E-state index is 9.41. The summed E-state index contributed by atoms with van der Waals surface area (Å²) in [6.07, 6.45) is 0. The summed E-state index contributed by atoms with van der Waals surface area (Å²) in [4.78, 5) is 0. The molecule has 0 saturated carbocycles. The lowest BCUT2D eigenvalue weighted by Crippen LogP contribution is -2.41. The fourth-order valence-electron chi connectivity index (χ4n) is 1.51. The van der Waals surface area contributed by atoms with E-state index in [0.717, 1.165) is 5.56 Å². The number of halogens is 1. The van der Waals surface area contributed by atoms with Crippen molar-refractivity contribution in [2.75, 3.05) is 5.33 Å². The summed E-state index contributed by atoms with van der Waals surface area (Å²) in [6.45, 7) is 6.26. The molecule has 0 spiro atoms. The molecule has 16 heavy (non-hydrogen) atoms. The number of hydrogen-bond acceptors (Lipinski definition) is 2. The van der Waals surface area contributed by atoms with Crippen LogP contribution in [0.3, 0.4) is 0 Å². The Labute approximate surface area is 106 Å². The number of benzene rings is 1. The van der Waals surface area contributed by atoms with Gasteiger partial charge in [0, 0.05) is 5.33 Å². The summed E-state index contributed by atoms with van der Waals surface area (Å²) in [5.74, 6) is 0. The van der Waals surface area contributed by atoms with Gasteiger partial charge in [-0.1, -0.05) is 46.3 Å². The highest BCUT2D eigenvalue weighted by Crippen LogP contribution is 2.30. The molecule has 0 amide bonds. The van der Waals surface area contributed by atoms with Crippen molar-refractivity contribution in [2.45, 2.75) is 25.2 Å². The number of alkyl halides is 1. The molecule has 0 saturated heterocycles. The summed E-state index contributed by atoms with van der Waals surface area (Å²) in [7, 11) is -1.77. The van der Waals surface area contributed by atoms with Gasteiger partial charge in [-0.05, 0) is 25.2 Å². The molecule has 0 heterocycles. The van der Waals surface area contributed by atoms with Crippen molar-refractivity contribution in [3.05, 3.63) is 35.9 Å². The first-order valence-corrected chi connectivity index (χ1v) is 9.69. The predicted molar refractivity (Wildman–Crippen MR) is 72.0 cm³/mol. The average molecular weight is 298 g/mol. The molecule has 4 heteroatoms. The second-order valence-electron chi connectivity index (χ2n) is 4.65. The molecule has 0 aliphatic heterocycles. The van der Waals surface area contributed by atoms with Crippen LogP contribution in [0.2, 0.25) is 19.6 Å². The van der Waals surface area contributed by atoms with Gasteiger partial charge < -0.3 is 4.43 Å². The fraction of sp³-hybridized carbons (Fsp3) is 0.417. The van der Waals surface area contributed by atoms with Gasteiger partial charge in [0.05, 0.1) is 0 Å². The third-order valence-corrected chi connectivity index (χ3v) is 3.84. The minimum Gasteiger partial charge on any atom is -0.396 e. The molecule has 0 aromatic heterocycles. The third-order valence-electron chi connectivity index (χ3n) is 2.09. The van der Waals surface area contributed by atoms with E-state index in [1.165, 1.54) is 0 Å². The van der Waals surface area contributed by atoms with Crippen molar-refractivity contribution < 1.29 is 4.43 Å². The van der Waals surface area contributed by atoms with Gasteiger partial charge in [0.2, 0.25) is 0 Å². The summed E-state index contributed by atoms with van der Waals surface area (Å²) in [5.41, 5.74) is 0.0583. The molecule has 1 aromatic carbocycles. The Balaban J connectivity index is 3.13. The van der Waals surface area contributed by atoms with Gasteiger partial charge in [-0.2, -0.15) is 5.26 Å². The van der Waals surface area contributed by atoms with Crippen LogP contribution in [0.4, 0.5) is 0 Å². The Morgan fingerprint density at radius 3 is 2.25 bits per heavy atom. The highest BCUT2D eigenvalue weighted by molar-refractivity contribution is 9.09. The van der Waals surface area contributed by atoms with Crippen LogP contribution in [0.1, 0.15) is 5.56 Å². The Morgan fingerprint density at radius 1 is 1.31 bits per heavy atom. The van der Waals surface area contributed by atoms with E-state index in [2.05, 4.69) is 41.6 Å². The van der Waals surface area contributed by atoms with Gasteiger partial charge in [0.15, 0.2) is 13.9 Å². The van der Waals surface area contributed by atoms with Crippen LogP contribution in [0, 0.1) is 11.3 Å². The van der Waals surface area contributed by atoms with E-state index < -0.39 is 13.9 Å². The van der Waals surface area contributed by atoms with Gasteiger partial charge in [-0.25, -0.2) is 0 Å². The topological polar surface area (TPSA) is 33.0 Å². The maximum Gasteiger partial charge on any atom is 0.186 e. The Kier molecular flexibility index (Phi) is 4.31. The molecule has 1 aromatic rings. The minimum absolute atomic E-state index is 0.491. The van der Waals surface area contributed by atoms with E-state index in [0.29, 0.717) is 5.33 Å². The number of nitriles is 1. The Hall–Kier alpha value is -0.633. The highest BCUT2D eigenvalue weighted by atomic mass is 79.9. The number of rotatable bonds is 4. The van der Waals surface area contributed by atoms with Crippen molar-refractivity contribution in [1.82, 2.24) is 0 Å². The average Bonchev–Trinajstić information content (AvgIpc) is 2.26. The standard InChI is InChI=1S/C12H16BrNOSi/c1-16(2,3)15-12(9-13,10-14)11-7-5-4-6-8-11/h4-8H,9H2,1-3H3/t12-/m1/s1. The van der Waals surface area contributed by atoms with Gasteiger partial charge in [-0.15, -0.1) is 0 Å². The van der Waals surface area contributed by atoms with Crippen molar-refractivity contribution in [1.29, 1.82) is 5.26 Å².